The van der Waals surface area contributed by atoms with E-state index in [0.29, 0.717) is 17.7 Å². The van der Waals surface area contributed by atoms with E-state index < -0.39 is 23.5 Å². The summed E-state index contributed by atoms with van der Waals surface area (Å²) in [5.41, 5.74) is 12.9. The number of halogens is 1. The van der Waals surface area contributed by atoms with Gasteiger partial charge in [-0.25, -0.2) is 9.18 Å². The van der Waals surface area contributed by atoms with E-state index in [-0.39, 0.29) is 46.9 Å². The number of benzene rings is 3. The van der Waals surface area contributed by atoms with Gasteiger partial charge in [0.25, 0.3) is 5.91 Å². The van der Waals surface area contributed by atoms with Crippen molar-refractivity contribution in [3.63, 3.8) is 0 Å². The second-order valence-corrected chi connectivity index (χ2v) is 10.2. The number of nitrogen functional groups attached to an aromatic ring is 1. The van der Waals surface area contributed by atoms with Crippen LogP contribution in [0.15, 0.2) is 65.5 Å². The first kappa shape index (κ1) is 30.0. The normalized spacial score (nSPS) is 12.6. The molecule has 0 spiro atoms. The van der Waals surface area contributed by atoms with Crippen molar-refractivity contribution in [2.75, 3.05) is 26.0 Å². The summed E-state index contributed by atoms with van der Waals surface area (Å²) >= 11 is 0. The third-order valence-electron chi connectivity index (χ3n) is 7.02. The molecule has 0 aliphatic heterocycles. The molecule has 7 N–H and O–H groups in total. The molecule has 0 bridgehead atoms. The fourth-order valence-electron chi connectivity index (χ4n) is 4.26. The molecule has 0 radical (unpaired) electrons. The molecule has 0 fully saturated rings. The Balaban J connectivity index is 1.86. The van der Waals surface area contributed by atoms with Crippen LogP contribution in [0.1, 0.15) is 52.8 Å². The second kappa shape index (κ2) is 12.7. The lowest BCUT2D eigenvalue weighted by atomic mass is 10.00. The SMILES string of the molecule is CCc1cc(OCC(C)N(C)C)c(F)c(C(Nc2ccc(C(=N)N)cc2)c2nn(-c3ccccc3C(N)=O)c(=O)[nH]2)c1. The lowest BCUT2D eigenvalue weighted by Crippen LogP contribution is -2.30. The molecule has 2 atom stereocenters. The largest absolute Gasteiger partial charge is 0.489 e. The molecule has 1 amide bonds. The third kappa shape index (κ3) is 6.50. The number of nitrogens with one attached hydrogen (secondary N) is 3. The number of anilines is 1. The van der Waals surface area contributed by atoms with Gasteiger partial charge in [-0.1, -0.05) is 25.1 Å². The van der Waals surface area contributed by atoms with Gasteiger partial charge in [-0.05, 0) is 75.5 Å². The summed E-state index contributed by atoms with van der Waals surface area (Å²) in [5.74, 6) is -1.25. The van der Waals surface area contributed by atoms with Crippen molar-refractivity contribution in [1.29, 1.82) is 5.41 Å². The minimum Gasteiger partial charge on any atom is -0.489 e. The molecule has 11 nitrogen and oxygen atoms in total. The summed E-state index contributed by atoms with van der Waals surface area (Å²) in [5, 5.41) is 15.4. The molecule has 0 saturated heterocycles. The fourth-order valence-corrected chi connectivity index (χ4v) is 4.26. The summed E-state index contributed by atoms with van der Waals surface area (Å²) in [6, 6.07) is 15.4. The number of carbonyl (C=O) groups is 1. The van der Waals surface area contributed by atoms with Crippen molar-refractivity contribution in [2.24, 2.45) is 11.5 Å². The van der Waals surface area contributed by atoms with Gasteiger partial charge in [0.15, 0.2) is 17.4 Å². The average Bonchev–Trinajstić information content (AvgIpc) is 3.36. The van der Waals surface area contributed by atoms with Gasteiger partial charge >= 0.3 is 5.69 Å². The predicted octanol–water partition coefficient (Wildman–Crippen LogP) is 3.18. The zero-order valence-electron chi connectivity index (χ0n) is 23.9. The smallest absolute Gasteiger partial charge is 0.348 e. The first-order valence-electron chi connectivity index (χ1n) is 13.4. The molecule has 0 aliphatic carbocycles. The van der Waals surface area contributed by atoms with Gasteiger partial charge in [0, 0.05) is 22.9 Å². The zero-order valence-corrected chi connectivity index (χ0v) is 23.9. The van der Waals surface area contributed by atoms with E-state index in [2.05, 4.69) is 15.4 Å². The van der Waals surface area contributed by atoms with Gasteiger partial charge in [0.05, 0.1) is 11.3 Å². The van der Waals surface area contributed by atoms with Crippen molar-refractivity contribution in [3.8, 4) is 11.4 Å². The molecule has 0 aliphatic rings. The fraction of sp³-hybridized carbons (Fsp3) is 0.267. The van der Waals surface area contributed by atoms with Gasteiger partial charge in [0.2, 0.25) is 0 Å². The number of aromatic amines is 1. The Labute approximate surface area is 242 Å². The van der Waals surface area contributed by atoms with Crippen molar-refractivity contribution in [2.45, 2.75) is 32.4 Å². The van der Waals surface area contributed by atoms with Crippen LogP contribution < -0.4 is 27.2 Å². The first-order chi connectivity index (χ1) is 20.0. The number of hydrogen-bond acceptors (Lipinski definition) is 7. The van der Waals surface area contributed by atoms with Crippen molar-refractivity contribution in [3.05, 3.63) is 105 Å². The molecule has 1 aromatic heterocycles. The Bertz CT molecular complexity index is 1650. The maximum absolute atomic E-state index is 16.2. The number of nitrogens with zero attached hydrogens (tertiary/aromatic N) is 3. The van der Waals surface area contributed by atoms with Crippen LogP contribution in [-0.4, -0.2) is 58.2 Å². The lowest BCUT2D eigenvalue weighted by molar-refractivity contribution is 0.1000. The van der Waals surface area contributed by atoms with Crippen molar-refractivity contribution >= 4 is 17.4 Å². The highest BCUT2D eigenvalue weighted by Crippen LogP contribution is 2.33. The molecule has 12 heteroatoms. The van der Waals surface area contributed by atoms with E-state index in [1.165, 1.54) is 6.07 Å². The van der Waals surface area contributed by atoms with E-state index in [1.54, 1.807) is 54.6 Å². The second-order valence-electron chi connectivity index (χ2n) is 10.2. The summed E-state index contributed by atoms with van der Waals surface area (Å²) in [4.78, 5) is 29.9. The number of carbonyl (C=O) groups excluding carboxylic acids is 1. The van der Waals surface area contributed by atoms with Crippen LogP contribution in [0.25, 0.3) is 5.69 Å². The van der Waals surface area contributed by atoms with Gasteiger partial charge in [-0.3, -0.25) is 15.2 Å². The van der Waals surface area contributed by atoms with Crippen LogP contribution in [0.5, 0.6) is 5.75 Å². The first-order valence-corrected chi connectivity index (χ1v) is 13.4. The number of likely N-dealkylation sites (N-methyl/N-ethyl adjacent to an activating group) is 1. The van der Waals surface area contributed by atoms with E-state index in [0.717, 1.165) is 10.2 Å². The minimum atomic E-state index is -0.983. The van der Waals surface area contributed by atoms with Crippen LogP contribution >= 0.6 is 0 Å². The Kier molecular flexibility index (Phi) is 9.06. The number of para-hydroxylation sites is 1. The lowest BCUT2D eigenvalue weighted by Gasteiger charge is -2.23. The molecule has 0 saturated carbocycles. The number of aryl methyl sites for hydroxylation is 1. The Morgan fingerprint density at radius 1 is 1.17 bits per heavy atom. The molecule has 220 valence electrons. The average molecular weight is 575 g/mol. The van der Waals surface area contributed by atoms with Gasteiger partial charge < -0.3 is 26.4 Å². The number of amidine groups is 1. The summed E-state index contributed by atoms with van der Waals surface area (Å²) in [6.45, 7) is 4.18. The highest BCUT2D eigenvalue weighted by atomic mass is 19.1. The van der Waals surface area contributed by atoms with Crippen LogP contribution in [-0.2, 0) is 6.42 Å². The van der Waals surface area contributed by atoms with Gasteiger partial charge in [-0.15, -0.1) is 5.10 Å². The van der Waals surface area contributed by atoms with Crippen molar-refractivity contribution < 1.29 is 13.9 Å². The Hall–Kier alpha value is -4.97. The van der Waals surface area contributed by atoms with E-state index >= 15 is 4.39 Å². The number of amides is 1. The number of aromatic nitrogens is 3. The number of primary amides is 1. The van der Waals surface area contributed by atoms with E-state index in [4.69, 9.17) is 21.6 Å². The summed E-state index contributed by atoms with van der Waals surface area (Å²) in [6.07, 6.45) is 0.601. The standard InChI is InChI=1S/C30H35FN8O3/c1-5-18-14-22(25(31)24(15-18)42-16-17(2)38(3)4)26(35-20-12-10-19(11-13-20)27(32)33)29-36-30(41)39(37-29)23-9-7-6-8-21(23)28(34)40/h6-15,17,26,35H,5,16H2,1-4H3,(H3,32,33)(H2,34,40)(H,36,37,41). The minimum absolute atomic E-state index is 0.0317. The third-order valence-corrected chi connectivity index (χ3v) is 7.02. The van der Waals surface area contributed by atoms with Crippen LogP contribution in [0.3, 0.4) is 0 Å². The molecular formula is C30H35FN8O3. The number of H-pyrrole nitrogens is 1. The van der Waals surface area contributed by atoms with Crippen LogP contribution in [0, 0.1) is 11.2 Å². The highest BCUT2D eigenvalue weighted by molar-refractivity contribution is 5.96. The Morgan fingerprint density at radius 3 is 2.48 bits per heavy atom. The van der Waals surface area contributed by atoms with Crippen LogP contribution in [0.4, 0.5) is 10.1 Å². The molecule has 4 rings (SSSR count). The number of nitrogens with two attached hydrogens (primary N) is 2. The molecule has 4 aromatic rings. The topological polar surface area (TPSA) is 168 Å². The number of ether oxygens (including phenoxy) is 1. The van der Waals surface area contributed by atoms with E-state index in [9.17, 15) is 9.59 Å². The summed E-state index contributed by atoms with van der Waals surface area (Å²) < 4.78 is 23.2. The van der Waals surface area contributed by atoms with Gasteiger partial charge in [0.1, 0.15) is 18.5 Å². The summed E-state index contributed by atoms with van der Waals surface area (Å²) in [7, 11) is 3.83. The molecule has 3 aromatic carbocycles. The monoisotopic (exact) mass is 574 g/mol. The highest BCUT2D eigenvalue weighted by Gasteiger charge is 2.27. The molecule has 2 unspecified atom stereocenters. The number of hydrogen-bond donors (Lipinski definition) is 5. The molecular weight excluding hydrogens is 539 g/mol. The number of rotatable bonds is 12. The molecule has 1 heterocycles. The zero-order chi connectivity index (χ0) is 30.6. The maximum Gasteiger partial charge on any atom is 0.348 e. The van der Waals surface area contributed by atoms with Crippen LogP contribution in [0.2, 0.25) is 0 Å². The van der Waals surface area contributed by atoms with Gasteiger partial charge in [-0.2, -0.15) is 4.68 Å². The molecule has 42 heavy (non-hydrogen) atoms. The van der Waals surface area contributed by atoms with E-state index in [1.807, 2.05) is 32.8 Å². The maximum atomic E-state index is 16.2. The quantitative estimate of drug-likeness (QED) is 0.128. The van der Waals surface area contributed by atoms with Crippen molar-refractivity contribution in [1.82, 2.24) is 19.7 Å². The predicted molar refractivity (Wildman–Crippen MR) is 160 cm³/mol. The Morgan fingerprint density at radius 2 is 1.86 bits per heavy atom.